The van der Waals surface area contributed by atoms with Crippen LogP contribution in [0.4, 0.5) is 23.7 Å². The molecular weight excluding hydrogens is 453 g/mol. The Morgan fingerprint density at radius 3 is 2.53 bits per heavy atom. The first-order valence-electron chi connectivity index (χ1n) is 11.1. The summed E-state index contributed by atoms with van der Waals surface area (Å²) in [6.07, 6.45) is -2.39. The van der Waals surface area contributed by atoms with E-state index in [1.165, 1.54) is 12.1 Å². The van der Waals surface area contributed by atoms with E-state index in [-0.39, 0.29) is 18.1 Å². The van der Waals surface area contributed by atoms with E-state index in [1.54, 1.807) is 13.8 Å². The van der Waals surface area contributed by atoms with Crippen LogP contribution in [0, 0.1) is 29.1 Å². The maximum Gasteiger partial charge on any atom is 0.417 e. The van der Waals surface area contributed by atoms with Gasteiger partial charge in [0.15, 0.2) is 0 Å². The molecule has 2 bridgehead atoms. The summed E-state index contributed by atoms with van der Waals surface area (Å²) in [5.41, 5.74) is -4.31. The Morgan fingerprint density at radius 1 is 1.24 bits per heavy atom. The molecule has 34 heavy (non-hydrogen) atoms. The average Bonchev–Trinajstić information content (AvgIpc) is 3.43. The number of benzene rings is 1. The number of ether oxygens (including phenoxy) is 1. The Balaban J connectivity index is 1.44. The van der Waals surface area contributed by atoms with Crippen LogP contribution in [0.2, 0.25) is 0 Å². The number of nitrogens with one attached hydrogen (secondary N) is 2. The molecule has 5 rings (SSSR count). The lowest BCUT2D eigenvalue weighted by molar-refractivity contribution is -0.138. The third-order valence-corrected chi connectivity index (χ3v) is 7.58. The average molecular weight is 476 g/mol. The number of nitriles is 1. The zero-order valence-electron chi connectivity index (χ0n) is 18.5. The summed E-state index contributed by atoms with van der Waals surface area (Å²) in [6.45, 7) is 3.91. The molecular formula is C23H23F3N4O4. The number of imide groups is 1. The topological polar surface area (TPSA) is 112 Å². The van der Waals surface area contributed by atoms with E-state index < -0.39 is 58.2 Å². The lowest BCUT2D eigenvalue weighted by atomic mass is 9.66. The fraction of sp³-hybridized carbons (Fsp3) is 0.565. The fourth-order valence-corrected chi connectivity index (χ4v) is 5.78. The highest BCUT2D eigenvalue weighted by Gasteiger charge is 2.76. The van der Waals surface area contributed by atoms with E-state index in [0.717, 1.165) is 23.8 Å². The summed E-state index contributed by atoms with van der Waals surface area (Å²) in [4.78, 5) is 40.0. The Morgan fingerprint density at radius 2 is 1.91 bits per heavy atom. The minimum absolute atomic E-state index is 0.242. The molecule has 180 valence electrons. The molecule has 5 atom stereocenters. The van der Waals surface area contributed by atoms with Gasteiger partial charge < -0.3 is 15.4 Å². The van der Waals surface area contributed by atoms with Crippen LogP contribution in [0.1, 0.15) is 44.2 Å². The molecule has 4 aliphatic rings. The first-order valence-corrected chi connectivity index (χ1v) is 11.1. The summed E-state index contributed by atoms with van der Waals surface area (Å²) in [5.74, 6) is -2.68. The first kappa shape index (κ1) is 22.7. The molecule has 2 N–H and O–H groups in total. The van der Waals surface area contributed by atoms with Gasteiger partial charge in [0.25, 0.3) is 0 Å². The van der Waals surface area contributed by atoms with Crippen LogP contribution in [-0.4, -0.2) is 41.6 Å². The smallest absolute Gasteiger partial charge is 0.365 e. The maximum atomic E-state index is 13.5. The van der Waals surface area contributed by atoms with Crippen LogP contribution in [0.25, 0.3) is 0 Å². The van der Waals surface area contributed by atoms with Crippen LogP contribution in [0.5, 0.6) is 0 Å². The van der Waals surface area contributed by atoms with Crippen LogP contribution in [0.15, 0.2) is 18.2 Å². The Labute approximate surface area is 193 Å². The van der Waals surface area contributed by atoms with E-state index in [2.05, 4.69) is 10.6 Å². The summed E-state index contributed by atoms with van der Waals surface area (Å²) >= 11 is 0. The number of amides is 4. The van der Waals surface area contributed by atoms with Gasteiger partial charge in [-0.05, 0) is 50.8 Å². The minimum Gasteiger partial charge on any atom is -0.365 e. The number of halogens is 3. The molecule has 5 unspecified atom stereocenters. The summed E-state index contributed by atoms with van der Waals surface area (Å²) in [7, 11) is 0. The normalized spacial score (nSPS) is 34.2. The van der Waals surface area contributed by atoms with Crippen LogP contribution < -0.4 is 15.5 Å². The van der Waals surface area contributed by atoms with Gasteiger partial charge in [-0.3, -0.25) is 9.59 Å². The summed E-state index contributed by atoms with van der Waals surface area (Å²) in [6, 6.07) is 3.33. The molecule has 0 aromatic heterocycles. The molecule has 11 heteroatoms. The third-order valence-electron chi connectivity index (χ3n) is 7.58. The molecule has 1 aromatic rings. The largest absolute Gasteiger partial charge is 0.417 e. The number of hydrogen-bond donors (Lipinski definition) is 2. The first-order chi connectivity index (χ1) is 15.9. The van der Waals surface area contributed by atoms with E-state index in [0.29, 0.717) is 18.5 Å². The maximum absolute atomic E-state index is 13.5. The van der Waals surface area contributed by atoms with E-state index >= 15 is 0 Å². The highest BCUT2D eigenvalue weighted by atomic mass is 19.4. The zero-order valence-corrected chi connectivity index (χ0v) is 18.5. The molecule has 1 saturated carbocycles. The SMILES string of the molecule is CC12CC(NC(=O)NCC3CC3)C(C)(O1)C1C(=O)N(c3ccc(C#N)c(C(F)(F)F)c3)C(=O)C12. The Bertz CT molecular complexity index is 1140. The van der Waals surface area contributed by atoms with Gasteiger partial charge >= 0.3 is 12.2 Å². The van der Waals surface area contributed by atoms with Gasteiger partial charge in [0.2, 0.25) is 11.8 Å². The minimum atomic E-state index is -4.83. The quantitative estimate of drug-likeness (QED) is 0.649. The van der Waals surface area contributed by atoms with E-state index in [1.807, 2.05) is 0 Å². The van der Waals surface area contributed by atoms with Crippen molar-refractivity contribution in [3.63, 3.8) is 0 Å². The molecule has 3 saturated heterocycles. The van der Waals surface area contributed by atoms with Crippen molar-refractivity contribution in [3.05, 3.63) is 29.3 Å². The van der Waals surface area contributed by atoms with Crippen molar-refractivity contribution in [1.82, 2.24) is 10.6 Å². The molecule has 0 radical (unpaired) electrons. The van der Waals surface area contributed by atoms with Crippen LogP contribution in [-0.2, 0) is 20.5 Å². The van der Waals surface area contributed by atoms with E-state index in [4.69, 9.17) is 10.00 Å². The van der Waals surface area contributed by atoms with Gasteiger partial charge in [-0.1, -0.05) is 0 Å². The third kappa shape index (κ3) is 3.27. The molecule has 4 amide bonds. The van der Waals surface area contributed by atoms with Crippen molar-refractivity contribution < 1.29 is 32.3 Å². The van der Waals surface area contributed by atoms with Crippen molar-refractivity contribution in [2.45, 2.75) is 56.5 Å². The Kier molecular flexibility index (Phi) is 4.79. The van der Waals surface area contributed by atoms with Gasteiger partial charge in [-0.2, -0.15) is 18.4 Å². The number of alkyl halides is 3. The lowest BCUT2D eigenvalue weighted by Gasteiger charge is -2.35. The van der Waals surface area contributed by atoms with E-state index in [9.17, 15) is 27.6 Å². The summed E-state index contributed by atoms with van der Waals surface area (Å²) in [5, 5.41) is 14.7. The zero-order chi connectivity index (χ0) is 24.6. The highest BCUT2D eigenvalue weighted by Crippen LogP contribution is 2.61. The van der Waals surface area contributed by atoms with Crippen LogP contribution >= 0.6 is 0 Å². The lowest BCUT2D eigenvalue weighted by Crippen LogP contribution is -2.58. The number of fused-ring (bicyclic) bond motifs is 5. The molecule has 1 aromatic carbocycles. The van der Waals surface area contributed by atoms with Gasteiger partial charge in [0.05, 0.1) is 52.0 Å². The second kappa shape index (κ2) is 7.18. The Hall–Kier alpha value is -3.13. The number of hydrogen-bond acceptors (Lipinski definition) is 5. The number of nitrogens with zero attached hydrogens (tertiary/aromatic N) is 2. The van der Waals surface area contributed by atoms with Gasteiger partial charge in [0, 0.05) is 13.0 Å². The van der Waals surface area contributed by atoms with Crippen molar-refractivity contribution in [2.24, 2.45) is 17.8 Å². The molecule has 8 nitrogen and oxygen atoms in total. The predicted octanol–water partition coefficient (Wildman–Crippen LogP) is 2.71. The number of carbonyl (C=O) groups excluding carboxylic acids is 3. The molecule has 3 aliphatic heterocycles. The van der Waals surface area contributed by atoms with Gasteiger partial charge in [-0.15, -0.1) is 0 Å². The number of carbonyl (C=O) groups is 3. The molecule has 1 aliphatic carbocycles. The molecule has 4 fully saturated rings. The number of urea groups is 1. The number of rotatable bonds is 4. The molecule has 3 heterocycles. The van der Waals surface area contributed by atoms with Crippen LogP contribution in [0.3, 0.4) is 0 Å². The second-order valence-electron chi connectivity index (χ2n) is 9.96. The number of anilines is 1. The standard InChI is InChI=1S/C23H23F3N4O4/c1-21-8-15(29-20(33)28-10-11-3-4-11)22(2,34-21)17-16(21)18(31)30(19(17)32)13-6-5-12(9-27)14(7-13)23(24,25)26/h5-7,11,15-17H,3-4,8,10H2,1-2H3,(H2,28,29,33). The predicted molar refractivity (Wildman–Crippen MR) is 111 cm³/mol. The van der Waals surface area contributed by atoms with Gasteiger partial charge in [-0.25, -0.2) is 9.69 Å². The van der Waals surface area contributed by atoms with Crippen molar-refractivity contribution in [2.75, 3.05) is 11.4 Å². The highest BCUT2D eigenvalue weighted by molar-refractivity contribution is 6.23. The van der Waals surface area contributed by atoms with Gasteiger partial charge in [0.1, 0.15) is 0 Å². The summed E-state index contributed by atoms with van der Waals surface area (Å²) < 4.78 is 46.6. The second-order valence-corrected chi connectivity index (χ2v) is 9.96. The fourth-order valence-electron chi connectivity index (χ4n) is 5.78. The molecule has 0 spiro atoms. The monoisotopic (exact) mass is 476 g/mol. The van der Waals surface area contributed by atoms with Crippen molar-refractivity contribution >= 4 is 23.5 Å². The van der Waals surface area contributed by atoms with Crippen molar-refractivity contribution in [1.29, 1.82) is 5.26 Å². The van der Waals surface area contributed by atoms with Crippen molar-refractivity contribution in [3.8, 4) is 6.07 Å².